The Balaban J connectivity index is 2.18. The molecule has 0 fully saturated rings. The van der Waals surface area contributed by atoms with Gasteiger partial charge in [-0.15, -0.1) is 0 Å². The fraction of sp³-hybridized carbons (Fsp3) is 0.300. The molecule has 1 aromatic carbocycles. The quantitative estimate of drug-likeness (QED) is 0.751. The molecule has 0 unspecified atom stereocenters. The van der Waals surface area contributed by atoms with Crippen molar-refractivity contribution in [1.29, 1.82) is 0 Å². The Morgan fingerprint density at radius 3 is 2.26 bits per heavy atom. The van der Waals surface area contributed by atoms with Gasteiger partial charge in [0.2, 0.25) is 5.91 Å². The topological polar surface area (TPSA) is 33.2 Å². The molecule has 0 atom stereocenters. The lowest BCUT2D eigenvalue weighted by atomic mass is 10.1. The van der Waals surface area contributed by atoms with E-state index < -0.39 is 0 Å². The van der Waals surface area contributed by atoms with Gasteiger partial charge in [0, 0.05) is 31.6 Å². The third-order valence-corrected chi connectivity index (χ3v) is 3.62. The summed E-state index contributed by atoms with van der Waals surface area (Å²) in [5.41, 5.74) is 4.49. The third kappa shape index (κ3) is 5.37. The van der Waals surface area contributed by atoms with Gasteiger partial charge in [-0.2, -0.15) is 0 Å². The zero-order chi connectivity index (χ0) is 16.7. The minimum Gasteiger partial charge on any atom is -0.330 e. The van der Waals surface area contributed by atoms with Crippen LogP contribution in [0.25, 0.3) is 0 Å². The predicted molar refractivity (Wildman–Crippen MR) is 93.7 cm³/mol. The standard InChI is InChI=1S/C20H24N2O/c1-4-17-7-9-18(10-8-17)14-22(20(23)12-16(2)3)15-19-6-5-11-21-13-19/h5-13H,4,14-15H2,1-3H3. The summed E-state index contributed by atoms with van der Waals surface area (Å²) in [5, 5.41) is 0. The Morgan fingerprint density at radius 2 is 1.70 bits per heavy atom. The lowest BCUT2D eigenvalue weighted by Crippen LogP contribution is -2.28. The van der Waals surface area contributed by atoms with Crippen LogP contribution in [0.2, 0.25) is 0 Å². The minimum atomic E-state index is 0.0356. The molecule has 0 saturated carbocycles. The first-order chi connectivity index (χ1) is 11.1. The monoisotopic (exact) mass is 308 g/mol. The number of carbonyl (C=O) groups excluding carboxylic acids is 1. The molecule has 2 rings (SSSR count). The molecule has 3 heteroatoms. The maximum absolute atomic E-state index is 12.5. The second-order valence-electron chi connectivity index (χ2n) is 5.95. The summed E-state index contributed by atoms with van der Waals surface area (Å²) in [4.78, 5) is 18.5. The van der Waals surface area contributed by atoms with Crippen LogP contribution in [0.1, 0.15) is 37.5 Å². The van der Waals surface area contributed by atoms with Crippen LogP contribution in [-0.4, -0.2) is 15.8 Å². The predicted octanol–water partition coefficient (Wildman–Crippen LogP) is 4.14. The number of nitrogens with zero attached hydrogens (tertiary/aromatic N) is 2. The second kappa shape index (κ2) is 8.28. The molecule has 0 spiro atoms. The summed E-state index contributed by atoms with van der Waals surface area (Å²) in [7, 11) is 0. The Morgan fingerprint density at radius 1 is 1.04 bits per heavy atom. The van der Waals surface area contributed by atoms with Crippen LogP contribution in [-0.2, 0) is 24.3 Å². The summed E-state index contributed by atoms with van der Waals surface area (Å²) < 4.78 is 0. The van der Waals surface area contributed by atoms with Gasteiger partial charge in [-0.05, 0) is 43.0 Å². The van der Waals surface area contributed by atoms with Gasteiger partial charge in [-0.1, -0.05) is 42.8 Å². The lowest BCUT2D eigenvalue weighted by molar-refractivity contribution is -0.127. The van der Waals surface area contributed by atoms with E-state index in [1.165, 1.54) is 5.56 Å². The summed E-state index contributed by atoms with van der Waals surface area (Å²) in [5.74, 6) is 0.0356. The molecular formula is C20H24N2O. The first kappa shape index (κ1) is 16.9. The smallest absolute Gasteiger partial charge is 0.247 e. The molecule has 2 aromatic rings. The molecule has 0 N–H and O–H groups in total. The summed E-state index contributed by atoms with van der Waals surface area (Å²) >= 11 is 0. The zero-order valence-electron chi connectivity index (χ0n) is 14.1. The first-order valence-corrected chi connectivity index (χ1v) is 7.99. The number of pyridine rings is 1. The summed E-state index contributed by atoms with van der Waals surface area (Å²) in [6.45, 7) is 7.18. The lowest BCUT2D eigenvalue weighted by Gasteiger charge is -2.22. The van der Waals surface area contributed by atoms with Crippen molar-refractivity contribution in [3.63, 3.8) is 0 Å². The zero-order valence-corrected chi connectivity index (χ0v) is 14.1. The SMILES string of the molecule is CCc1ccc(CN(Cc2cccnc2)C(=O)C=C(C)C)cc1. The van der Waals surface area contributed by atoms with Crippen molar-refractivity contribution in [2.24, 2.45) is 0 Å². The molecule has 0 radical (unpaired) electrons. The van der Waals surface area contributed by atoms with E-state index in [1.54, 1.807) is 12.3 Å². The number of rotatable bonds is 6. The van der Waals surface area contributed by atoms with Crippen LogP contribution < -0.4 is 0 Å². The molecular weight excluding hydrogens is 284 g/mol. The Bertz CT molecular complexity index is 656. The van der Waals surface area contributed by atoms with Crippen LogP contribution in [0.15, 0.2) is 60.4 Å². The summed E-state index contributed by atoms with van der Waals surface area (Å²) in [6, 6.07) is 12.4. The highest BCUT2D eigenvalue weighted by Crippen LogP contribution is 2.12. The number of aromatic nitrogens is 1. The Labute approximate surface area is 138 Å². The molecule has 1 aromatic heterocycles. The minimum absolute atomic E-state index is 0.0356. The fourth-order valence-corrected chi connectivity index (χ4v) is 2.36. The van der Waals surface area contributed by atoms with Crippen molar-refractivity contribution < 1.29 is 4.79 Å². The third-order valence-electron chi connectivity index (χ3n) is 3.62. The molecule has 3 nitrogen and oxygen atoms in total. The van der Waals surface area contributed by atoms with E-state index in [-0.39, 0.29) is 5.91 Å². The molecule has 1 amide bonds. The number of hydrogen-bond acceptors (Lipinski definition) is 2. The highest BCUT2D eigenvalue weighted by atomic mass is 16.2. The highest BCUT2D eigenvalue weighted by molar-refractivity contribution is 5.88. The van der Waals surface area contributed by atoms with E-state index in [0.29, 0.717) is 13.1 Å². The number of benzene rings is 1. The maximum atomic E-state index is 12.5. The van der Waals surface area contributed by atoms with E-state index in [1.807, 2.05) is 37.1 Å². The van der Waals surface area contributed by atoms with E-state index in [2.05, 4.69) is 36.2 Å². The van der Waals surface area contributed by atoms with Crippen LogP contribution in [0.5, 0.6) is 0 Å². The molecule has 0 aliphatic rings. The van der Waals surface area contributed by atoms with Crippen LogP contribution in [0.3, 0.4) is 0 Å². The second-order valence-corrected chi connectivity index (χ2v) is 5.95. The van der Waals surface area contributed by atoms with Gasteiger partial charge < -0.3 is 4.90 Å². The van der Waals surface area contributed by atoms with Crippen molar-refractivity contribution >= 4 is 5.91 Å². The van der Waals surface area contributed by atoms with Crippen molar-refractivity contribution in [2.45, 2.75) is 40.3 Å². The van der Waals surface area contributed by atoms with Crippen LogP contribution in [0.4, 0.5) is 0 Å². The number of aryl methyl sites for hydroxylation is 1. The number of hydrogen-bond donors (Lipinski definition) is 0. The van der Waals surface area contributed by atoms with E-state index in [9.17, 15) is 4.79 Å². The molecule has 23 heavy (non-hydrogen) atoms. The fourth-order valence-electron chi connectivity index (χ4n) is 2.36. The molecule has 1 heterocycles. The molecule has 0 bridgehead atoms. The Hall–Kier alpha value is -2.42. The van der Waals surface area contributed by atoms with Gasteiger partial charge in [0.25, 0.3) is 0 Å². The van der Waals surface area contributed by atoms with Gasteiger partial charge in [0.1, 0.15) is 0 Å². The van der Waals surface area contributed by atoms with Gasteiger partial charge in [0.15, 0.2) is 0 Å². The van der Waals surface area contributed by atoms with Crippen molar-refractivity contribution in [3.05, 3.63) is 77.1 Å². The van der Waals surface area contributed by atoms with Crippen molar-refractivity contribution in [2.75, 3.05) is 0 Å². The van der Waals surface area contributed by atoms with Gasteiger partial charge in [0.05, 0.1) is 0 Å². The molecule has 120 valence electrons. The normalized spacial score (nSPS) is 10.2. The van der Waals surface area contributed by atoms with E-state index in [0.717, 1.165) is 23.1 Å². The Kier molecular flexibility index (Phi) is 6.10. The number of amides is 1. The van der Waals surface area contributed by atoms with E-state index >= 15 is 0 Å². The molecule has 0 saturated heterocycles. The van der Waals surface area contributed by atoms with Gasteiger partial charge in [-0.3, -0.25) is 9.78 Å². The average Bonchev–Trinajstić information content (AvgIpc) is 2.55. The average molecular weight is 308 g/mol. The largest absolute Gasteiger partial charge is 0.330 e. The van der Waals surface area contributed by atoms with Gasteiger partial charge >= 0.3 is 0 Å². The van der Waals surface area contributed by atoms with E-state index in [4.69, 9.17) is 0 Å². The van der Waals surface area contributed by atoms with Gasteiger partial charge in [-0.25, -0.2) is 0 Å². The van der Waals surface area contributed by atoms with Crippen LogP contribution in [0, 0.1) is 0 Å². The van der Waals surface area contributed by atoms with Crippen molar-refractivity contribution in [1.82, 2.24) is 9.88 Å². The number of allylic oxidation sites excluding steroid dienone is 1. The summed E-state index contributed by atoms with van der Waals surface area (Å²) in [6.07, 6.45) is 6.27. The molecule has 0 aliphatic carbocycles. The molecule has 0 aliphatic heterocycles. The van der Waals surface area contributed by atoms with Crippen molar-refractivity contribution in [3.8, 4) is 0 Å². The maximum Gasteiger partial charge on any atom is 0.247 e. The van der Waals surface area contributed by atoms with Crippen LogP contribution >= 0.6 is 0 Å². The highest BCUT2D eigenvalue weighted by Gasteiger charge is 2.12. The number of carbonyl (C=O) groups is 1. The first-order valence-electron chi connectivity index (χ1n) is 7.99.